The Morgan fingerprint density at radius 2 is 2.44 bits per heavy atom. The molecule has 0 bridgehead atoms. The number of ether oxygens (including phenoxy) is 1. The fourth-order valence-electron chi connectivity index (χ4n) is 1.08. The second-order valence-electron chi connectivity index (χ2n) is 3.56. The summed E-state index contributed by atoms with van der Waals surface area (Å²) in [5.41, 5.74) is 0.379. The number of aliphatic hydroxyl groups excluding tert-OH is 1. The number of esters is 1. The molecule has 0 spiro atoms. The molecule has 0 aliphatic heterocycles. The number of nitriles is 1. The molecule has 6 heteroatoms. The summed E-state index contributed by atoms with van der Waals surface area (Å²) in [7, 11) is 0. The Hall–Kier alpha value is -1.87. The molecule has 0 unspecified atom stereocenters. The van der Waals surface area contributed by atoms with Gasteiger partial charge in [0.2, 0.25) is 0 Å². The van der Waals surface area contributed by atoms with E-state index >= 15 is 0 Å². The first-order valence-electron chi connectivity index (χ1n) is 4.84. The van der Waals surface area contributed by atoms with Crippen molar-refractivity contribution < 1.29 is 14.6 Å². The lowest BCUT2D eigenvalue weighted by atomic mass is 10.3. The van der Waals surface area contributed by atoms with E-state index in [1.54, 1.807) is 13.8 Å². The second kappa shape index (κ2) is 5.28. The Balaban J connectivity index is 2.54. The lowest BCUT2D eigenvalue weighted by Crippen LogP contribution is -2.30. The van der Waals surface area contributed by atoms with E-state index in [1.807, 2.05) is 6.07 Å². The Kier molecular flexibility index (Phi) is 4.03. The van der Waals surface area contributed by atoms with Gasteiger partial charge in [0.05, 0.1) is 24.4 Å². The summed E-state index contributed by atoms with van der Waals surface area (Å²) in [6, 6.07) is 1.90. The Labute approximate surface area is 93.1 Å². The minimum atomic E-state index is -1.27. The molecule has 0 radical (unpaired) electrons. The van der Waals surface area contributed by atoms with Crippen molar-refractivity contribution in [3.63, 3.8) is 0 Å². The van der Waals surface area contributed by atoms with Crippen molar-refractivity contribution in [3.8, 4) is 6.07 Å². The van der Waals surface area contributed by atoms with Crippen LogP contribution < -0.4 is 0 Å². The number of nitrogens with zero attached hydrogens (tertiary/aromatic N) is 3. The first kappa shape index (κ1) is 12.2. The van der Waals surface area contributed by atoms with E-state index in [4.69, 9.17) is 10.00 Å². The highest BCUT2D eigenvalue weighted by molar-refractivity contribution is 5.74. The molecule has 0 aliphatic carbocycles. The average molecular weight is 223 g/mol. The van der Waals surface area contributed by atoms with Crippen LogP contribution in [0.25, 0.3) is 0 Å². The van der Waals surface area contributed by atoms with E-state index in [9.17, 15) is 9.90 Å². The van der Waals surface area contributed by atoms with E-state index in [-0.39, 0.29) is 12.6 Å². The number of hydrogen-bond acceptors (Lipinski definition) is 5. The maximum atomic E-state index is 11.3. The van der Waals surface area contributed by atoms with Crippen LogP contribution in [0.15, 0.2) is 12.4 Å². The largest absolute Gasteiger partial charge is 0.461 e. The lowest BCUT2D eigenvalue weighted by molar-refractivity contribution is -0.158. The number of aromatic nitrogens is 2. The number of carbonyl (C=O) groups excluding carboxylic acids is 1. The third-order valence-corrected chi connectivity index (χ3v) is 1.75. The van der Waals surface area contributed by atoms with Gasteiger partial charge in [-0.3, -0.25) is 4.68 Å². The highest BCUT2D eigenvalue weighted by atomic mass is 16.6. The van der Waals surface area contributed by atoms with E-state index in [0.717, 1.165) is 0 Å². The summed E-state index contributed by atoms with van der Waals surface area (Å²) in [4.78, 5) is 11.3. The minimum Gasteiger partial charge on any atom is -0.461 e. The normalized spacial score (nSPS) is 12.2. The predicted octanol–water partition coefficient (Wildman–Crippen LogP) is 0.0673. The summed E-state index contributed by atoms with van der Waals surface area (Å²) < 4.78 is 6.15. The Morgan fingerprint density at radius 1 is 1.75 bits per heavy atom. The van der Waals surface area contributed by atoms with Crippen molar-refractivity contribution >= 4 is 5.97 Å². The Morgan fingerprint density at radius 3 is 2.94 bits per heavy atom. The summed E-state index contributed by atoms with van der Waals surface area (Å²) in [5, 5.41) is 21.9. The summed E-state index contributed by atoms with van der Waals surface area (Å²) >= 11 is 0. The van der Waals surface area contributed by atoms with Gasteiger partial charge in [-0.1, -0.05) is 0 Å². The zero-order valence-corrected chi connectivity index (χ0v) is 9.12. The van der Waals surface area contributed by atoms with Crippen molar-refractivity contribution in [1.82, 2.24) is 9.78 Å². The SMILES string of the molecule is CC(C)OC(=O)[C@H](O)Cn1cc(C#N)cn1. The maximum Gasteiger partial charge on any atom is 0.337 e. The Bertz CT molecular complexity index is 406. The highest BCUT2D eigenvalue weighted by Crippen LogP contribution is 2.00. The van der Waals surface area contributed by atoms with Crippen LogP contribution in [-0.4, -0.2) is 33.1 Å². The molecule has 0 saturated heterocycles. The fourth-order valence-corrected chi connectivity index (χ4v) is 1.08. The zero-order chi connectivity index (χ0) is 12.1. The van der Waals surface area contributed by atoms with Crippen molar-refractivity contribution in [1.29, 1.82) is 5.26 Å². The highest BCUT2D eigenvalue weighted by Gasteiger charge is 2.18. The molecular weight excluding hydrogens is 210 g/mol. The quantitative estimate of drug-likeness (QED) is 0.729. The van der Waals surface area contributed by atoms with E-state index in [0.29, 0.717) is 5.56 Å². The molecule has 86 valence electrons. The molecule has 1 heterocycles. The molecule has 1 rings (SSSR count). The number of aliphatic hydroxyl groups is 1. The average Bonchev–Trinajstić information content (AvgIpc) is 2.64. The van der Waals surface area contributed by atoms with Gasteiger partial charge in [-0.25, -0.2) is 4.79 Å². The van der Waals surface area contributed by atoms with Gasteiger partial charge in [0.1, 0.15) is 6.07 Å². The van der Waals surface area contributed by atoms with Crippen LogP contribution in [0.2, 0.25) is 0 Å². The van der Waals surface area contributed by atoms with Gasteiger partial charge in [0.25, 0.3) is 0 Å². The van der Waals surface area contributed by atoms with Crippen molar-refractivity contribution in [2.45, 2.75) is 32.6 Å². The van der Waals surface area contributed by atoms with E-state index in [2.05, 4.69) is 5.10 Å². The molecule has 0 aliphatic rings. The van der Waals surface area contributed by atoms with Gasteiger partial charge >= 0.3 is 5.97 Å². The third-order valence-electron chi connectivity index (χ3n) is 1.75. The molecule has 1 N–H and O–H groups in total. The molecule has 16 heavy (non-hydrogen) atoms. The van der Waals surface area contributed by atoms with Gasteiger partial charge < -0.3 is 9.84 Å². The van der Waals surface area contributed by atoms with Gasteiger partial charge in [-0.05, 0) is 13.8 Å². The van der Waals surface area contributed by atoms with Gasteiger partial charge in [0, 0.05) is 6.20 Å². The van der Waals surface area contributed by atoms with E-state index < -0.39 is 12.1 Å². The summed E-state index contributed by atoms with van der Waals surface area (Å²) in [6.07, 6.45) is 1.27. The first-order chi connectivity index (χ1) is 7.52. The smallest absolute Gasteiger partial charge is 0.337 e. The molecule has 0 saturated carbocycles. The molecule has 6 nitrogen and oxygen atoms in total. The second-order valence-corrected chi connectivity index (χ2v) is 3.56. The molecule has 1 aromatic rings. The standard InChI is InChI=1S/C10H13N3O3/c1-7(2)16-10(15)9(14)6-13-5-8(3-11)4-12-13/h4-5,7,9,14H,6H2,1-2H3/t9-/m1/s1. The van der Waals surface area contributed by atoms with E-state index in [1.165, 1.54) is 17.1 Å². The van der Waals surface area contributed by atoms with Crippen molar-refractivity contribution in [2.24, 2.45) is 0 Å². The van der Waals surface area contributed by atoms with Crippen LogP contribution in [0.4, 0.5) is 0 Å². The minimum absolute atomic E-state index is 0.0206. The van der Waals surface area contributed by atoms with Crippen LogP contribution in [0, 0.1) is 11.3 Å². The third kappa shape index (κ3) is 3.37. The topological polar surface area (TPSA) is 88.1 Å². The first-order valence-corrected chi connectivity index (χ1v) is 4.84. The fraction of sp³-hybridized carbons (Fsp3) is 0.500. The van der Waals surface area contributed by atoms with Crippen LogP contribution in [0.5, 0.6) is 0 Å². The van der Waals surface area contributed by atoms with Crippen LogP contribution in [0.1, 0.15) is 19.4 Å². The lowest BCUT2D eigenvalue weighted by Gasteiger charge is -2.12. The number of rotatable bonds is 4. The maximum absolute atomic E-state index is 11.3. The molecule has 0 amide bonds. The number of carbonyl (C=O) groups is 1. The zero-order valence-electron chi connectivity index (χ0n) is 9.12. The van der Waals surface area contributed by atoms with Crippen LogP contribution in [0.3, 0.4) is 0 Å². The van der Waals surface area contributed by atoms with Crippen molar-refractivity contribution in [2.75, 3.05) is 0 Å². The monoisotopic (exact) mass is 223 g/mol. The van der Waals surface area contributed by atoms with Gasteiger partial charge in [0.15, 0.2) is 6.10 Å². The predicted molar refractivity (Wildman–Crippen MR) is 54.2 cm³/mol. The summed E-state index contributed by atoms with van der Waals surface area (Å²) in [6.45, 7) is 3.38. The molecule has 0 fully saturated rings. The number of hydrogen-bond donors (Lipinski definition) is 1. The van der Waals surface area contributed by atoms with Gasteiger partial charge in [-0.15, -0.1) is 0 Å². The van der Waals surface area contributed by atoms with Crippen molar-refractivity contribution in [3.05, 3.63) is 18.0 Å². The molecule has 0 aromatic carbocycles. The molecular formula is C10H13N3O3. The van der Waals surface area contributed by atoms with Gasteiger partial charge in [-0.2, -0.15) is 10.4 Å². The van der Waals surface area contributed by atoms with Crippen LogP contribution in [-0.2, 0) is 16.1 Å². The molecule has 1 aromatic heterocycles. The summed E-state index contributed by atoms with van der Waals surface area (Å²) in [5.74, 6) is -0.691. The molecule has 1 atom stereocenters. The van der Waals surface area contributed by atoms with Crippen LogP contribution >= 0.6 is 0 Å².